The SMILES string of the molecule is CC(C)COc1ccc(S(=O)(=O)N2CCCC(C(=O)O)C2)cc1. The second kappa shape index (κ2) is 7.31. The molecule has 7 heteroatoms. The molecule has 0 radical (unpaired) electrons. The topological polar surface area (TPSA) is 83.9 Å². The third kappa shape index (κ3) is 4.45. The Bertz CT molecular complexity index is 639. The lowest BCUT2D eigenvalue weighted by atomic mass is 10.0. The van der Waals surface area contributed by atoms with Gasteiger partial charge in [0.25, 0.3) is 0 Å². The number of piperidine rings is 1. The summed E-state index contributed by atoms with van der Waals surface area (Å²) in [6.45, 7) is 5.03. The summed E-state index contributed by atoms with van der Waals surface area (Å²) in [5.41, 5.74) is 0. The van der Waals surface area contributed by atoms with E-state index in [0.717, 1.165) is 0 Å². The fourth-order valence-electron chi connectivity index (χ4n) is 2.48. The fourth-order valence-corrected chi connectivity index (χ4v) is 4.01. The van der Waals surface area contributed by atoms with Gasteiger partial charge in [-0.2, -0.15) is 4.31 Å². The van der Waals surface area contributed by atoms with Gasteiger partial charge < -0.3 is 9.84 Å². The molecular formula is C16H23NO5S. The maximum absolute atomic E-state index is 12.6. The molecule has 1 heterocycles. The van der Waals surface area contributed by atoms with Crippen LogP contribution in [-0.4, -0.2) is 43.5 Å². The molecule has 1 aromatic carbocycles. The Balaban J connectivity index is 2.11. The quantitative estimate of drug-likeness (QED) is 0.857. The van der Waals surface area contributed by atoms with Crippen LogP contribution in [0.3, 0.4) is 0 Å². The van der Waals surface area contributed by atoms with Gasteiger partial charge in [-0.05, 0) is 43.0 Å². The third-order valence-corrected chi connectivity index (χ3v) is 5.66. The molecule has 1 fully saturated rings. The number of carboxylic acids is 1. The van der Waals surface area contributed by atoms with Crippen LogP contribution in [0.5, 0.6) is 5.75 Å². The molecule has 1 aliphatic heterocycles. The Hall–Kier alpha value is -1.60. The summed E-state index contributed by atoms with van der Waals surface area (Å²) in [5.74, 6) is -0.561. The number of ether oxygens (including phenoxy) is 1. The highest BCUT2D eigenvalue weighted by Gasteiger charge is 2.33. The summed E-state index contributed by atoms with van der Waals surface area (Å²) in [6.07, 6.45) is 1.08. The highest BCUT2D eigenvalue weighted by Crippen LogP contribution is 2.25. The normalized spacial score (nSPS) is 19.7. The van der Waals surface area contributed by atoms with E-state index in [4.69, 9.17) is 9.84 Å². The van der Waals surface area contributed by atoms with Crippen molar-refractivity contribution in [2.75, 3.05) is 19.7 Å². The number of aliphatic carboxylic acids is 1. The van der Waals surface area contributed by atoms with Gasteiger partial charge in [0.15, 0.2) is 0 Å². The first-order chi connectivity index (χ1) is 10.8. The lowest BCUT2D eigenvalue weighted by Crippen LogP contribution is -2.42. The lowest BCUT2D eigenvalue weighted by molar-refractivity contribution is -0.142. The first kappa shape index (κ1) is 17.7. The zero-order valence-electron chi connectivity index (χ0n) is 13.4. The van der Waals surface area contributed by atoms with Crippen molar-refractivity contribution in [2.24, 2.45) is 11.8 Å². The van der Waals surface area contributed by atoms with Crippen molar-refractivity contribution in [3.05, 3.63) is 24.3 Å². The summed E-state index contributed by atoms with van der Waals surface area (Å²) in [6, 6.07) is 6.28. The minimum absolute atomic E-state index is 0.0310. The van der Waals surface area contributed by atoms with Gasteiger partial charge in [-0.3, -0.25) is 4.79 Å². The largest absolute Gasteiger partial charge is 0.493 e. The van der Waals surface area contributed by atoms with Crippen molar-refractivity contribution in [1.29, 1.82) is 0 Å². The van der Waals surface area contributed by atoms with Crippen LogP contribution >= 0.6 is 0 Å². The van der Waals surface area contributed by atoms with Gasteiger partial charge in [-0.25, -0.2) is 8.42 Å². The van der Waals surface area contributed by atoms with E-state index < -0.39 is 21.9 Å². The standard InChI is InChI=1S/C16H23NO5S/c1-12(2)11-22-14-5-7-15(8-6-14)23(20,21)17-9-3-4-13(10-17)16(18)19/h5-8,12-13H,3-4,9-11H2,1-2H3,(H,18,19). The van der Waals surface area contributed by atoms with Crippen LogP contribution in [0.25, 0.3) is 0 Å². The molecule has 1 saturated heterocycles. The van der Waals surface area contributed by atoms with Crippen molar-refractivity contribution in [3.8, 4) is 5.75 Å². The third-order valence-electron chi connectivity index (χ3n) is 3.78. The molecule has 0 spiro atoms. The smallest absolute Gasteiger partial charge is 0.307 e. The van der Waals surface area contributed by atoms with E-state index in [9.17, 15) is 13.2 Å². The Morgan fingerprint density at radius 1 is 1.35 bits per heavy atom. The highest BCUT2D eigenvalue weighted by molar-refractivity contribution is 7.89. The van der Waals surface area contributed by atoms with E-state index in [1.165, 1.54) is 16.4 Å². The van der Waals surface area contributed by atoms with Gasteiger partial charge in [-0.1, -0.05) is 13.8 Å². The number of carboxylic acid groups (broad SMARTS) is 1. The molecule has 6 nitrogen and oxygen atoms in total. The summed E-state index contributed by atoms with van der Waals surface area (Å²) < 4.78 is 32.1. The van der Waals surface area contributed by atoms with Crippen molar-refractivity contribution in [1.82, 2.24) is 4.31 Å². The number of carbonyl (C=O) groups is 1. The van der Waals surface area contributed by atoms with Crippen molar-refractivity contribution in [3.63, 3.8) is 0 Å². The van der Waals surface area contributed by atoms with Crippen LogP contribution in [0.4, 0.5) is 0 Å². The van der Waals surface area contributed by atoms with Crippen LogP contribution in [0.15, 0.2) is 29.2 Å². The number of nitrogens with zero attached hydrogens (tertiary/aromatic N) is 1. The van der Waals surface area contributed by atoms with Gasteiger partial charge in [0, 0.05) is 13.1 Å². The van der Waals surface area contributed by atoms with Gasteiger partial charge in [0.05, 0.1) is 17.4 Å². The molecule has 0 saturated carbocycles. The van der Waals surface area contributed by atoms with E-state index in [1.807, 2.05) is 13.8 Å². The summed E-state index contributed by atoms with van der Waals surface area (Å²) in [7, 11) is -3.66. The average molecular weight is 341 g/mol. The van der Waals surface area contributed by atoms with E-state index in [2.05, 4.69) is 0 Å². The van der Waals surface area contributed by atoms with E-state index in [-0.39, 0.29) is 11.4 Å². The van der Waals surface area contributed by atoms with Gasteiger partial charge in [0.1, 0.15) is 5.75 Å². The second-order valence-electron chi connectivity index (χ2n) is 6.22. The van der Waals surface area contributed by atoms with Crippen LogP contribution in [0.1, 0.15) is 26.7 Å². The zero-order valence-corrected chi connectivity index (χ0v) is 14.3. The zero-order chi connectivity index (χ0) is 17.0. The summed E-state index contributed by atoms with van der Waals surface area (Å²) in [4.78, 5) is 11.3. The molecule has 23 heavy (non-hydrogen) atoms. The number of benzene rings is 1. The molecule has 1 atom stereocenters. The maximum Gasteiger partial charge on any atom is 0.307 e. The monoisotopic (exact) mass is 341 g/mol. The first-order valence-electron chi connectivity index (χ1n) is 7.76. The minimum Gasteiger partial charge on any atom is -0.493 e. The predicted octanol–water partition coefficient (Wildman–Crippen LogP) is 2.21. The molecule has 0 amide bonds. The lowest BCUT2D eigenvalue weighted by Gasteiger charge is -2.29. The molecular weight excluding hydrogens is 318 g/mol. The van der Waals surface area contributed by atoms with E-state index >= 15 is 0 Å². The Kier molecular flexibility index (Phi) is 5.64. The van der Waals surface area contributed by atoms with Crippen LogP contribution < -0.4 is 4.74 Å². The van der Waals surface area contributed by atoms with Crippen molar-refractivity contribution >= 4 is 16.0 Å². The van der Waals surface area contributed by atoms with Gasteiger partial charge in [-0.15, -0.1) is 0 Å². The van der Waals surface area contributed by atoms with Crippen LogP contribution in [-0.2, 0) is 14.8 Å². The average Bonchev–Trinajstić information content (AvgIpc) is 2.53. The fraction of sp³-hybridized carbons (Fsp3) is 0.562. The van der Waals surface area contributed by atoms with Gasteiger partial charge >= 0.3 is 5.97 Å². The molecule has 128 valence electrons. The van der Waals surface area contributed by atoms with Crippen molar-refractivity contribution in [2.45, 2.75) is 31.6 Å². The number of rotatable bonds is 6. The van der Waals surface area contributed by atoms with E-state index in [1.54, 1.807) is 12.1 Å². The number of sulfonamides is 1. The molecule has 1 N–H and O–H groups in total. The maximum atomic E-state index is 12.6. The molecule has 0 aliphatic carbocycles. The molecule has 1 aliphatic rings. The van der Waals surface area contributed by atoms with Crippen LogP contribution in [0.2, 0.25) is 0 Å². The summed E-state index contributed by atoms with van der Waals surface area (Å²) in [5, 5.41) is 9.09. The summed E-state index contributed by atoms with van der Waals surface area (Å²) >= 11 is 0. The molecule has 1 aromatic rings. The van der Waals surface area contributed by atoms with E-state index in [0.29, 0.717) is 37.7 Å². The predicted molar refractivity (Wildman–Crippen MR) is 85.9 cm³/mol. The molecule has 1 unspecified atom stereocenters. The Morgan fingerprint density at radius 3 is 2.57 bits per heavy atom. The minimum atomic E-state index is -3.66. The molecule has 0 aromatic heterocycles. The second-order valence-corrected chi connectivity index (χ2v) is 8.15. The number of hydrogen-bond donors (Lipinski definition) is 1. The first-order valence-corrected chi connectivity index (χ1v) is 9.20. The van der Waals surface area contributed by atoms with Crippen molar-refractivity contribution < 1.29 is 23.1 Å². The molecule has 0 bridgehead atoms. The highest BCUT2D eigenvalue weighted by atomic mass is 32.2. The molecule has 2 rings (SSSR count). The van der Waals surface area contributed by atoms with Crippen LogP contribution in [0, 0.1) is 11.8 Å². The van der Waals surface area contributed by atoms with Gasteiger partial charge in [0.2, 0.25) is 10.0 Å². The Morgan fingerprint density at radius 2 is 2.00 bits per heavy atom. The number of hydrogen-bond acceptors (Lipinski definition) is 4. The Labute approximate surface area is 137 Å².